The quantitative estimate of drug-likeness (QED) is 0.240. The molecule has 0 spiro atoms. The van der Waals surface area contributed by atoms with Crippen molar-refractivity contribution in [2.45, 2.75) is 13.3 Å². The van der Waals surface area contributed by atoms with Gasteiger partial charge in [0.1, 0.15) is 23.2 Å². The predicted molar refractivity (Wildman–Crippen MR) is 114 cm³/mol. The Labute approximate surface area is 177 Å². The molecule has 0 aliphatic carbocycles. The van der Waals surface area contributed by atoms with E-state index in [0.717, 1.165) is 12.0 Å². The molecule has 1 N–H and O–H groups in total. The van der Waals surface area contributed by atoms with Crippen molar-refractivity contribution < 1.29 is 14.1 Å². The Morgan fingerprint density at radius 3 is 2.60 bits per heavy atom. The second-order valence-corrected chi connectivity index (χ2v) is 6.70. The zero-order valence-electron chi connectivity index (χ0n) is 15.9. The first-order valence-electron chi connectivity index (χ1n) is 8.97. The lowest BCUT2D eigenvalue weighted by Crippen LogP contribution is -2.13. The van der Waals surface area contributed by atoms with E-state index in [1.165, 1.54) is 24.3 Å². The van der Waals surface area contributed by atoms with Crippen LogP contribution in [0.5, 0.6) is 0 Å². The molecule has 0 radical (unpaired) electrons. The molecule has 0 atom stereocenters. The third-order valence-corrected chi connectivity index (χ3v) is 4.65. The summed E-state index contributed by atoms with van der Waals surface area (Å²) in [5.74, 6) is -0.0588. The Bertz CT molecular complexity index is 1170. The molecule has 2 aromatic carbocycles. The summed E-state index contributed by atoms with van der Waals surface area (Å²) >= 11 is 6.13. The Balaban J connectivity index is 1.83. The van der Waals surface area contributed by atoms with E-state index in [-0.39, 0.29) is 27.8 Å². The first kappa shape index (κ1) is 20.8. The first-order valence-corrected chi connectivity index (χ1v) is 9.35. The van der Waals surface area contributed by atoms with Crippen LogP contribution in [0.15, 0.2) is 64.6 Å². The van der Waals surface area contributed by atoms with Crippen molar-refractivity contribution in [3.63, 3.8) is 0 Å². The molecule has 7 nitrogen and oxygen atoms in total. The van der Waals surface area contributed by atoms with Crippen LogP contribution < -0.4 is 5.32 Å². The number of nitrogens with zero attached hydrogens (tertiary/aromatic N) is 2. The van der Waals surface area contributed by atoms with Crippen LogP contribution in [-0.2, 0) is 11.2 Å². The highest BCUT2D eigenvalue weighted by Crippen LogP contribution is 2.33. The number of benzene rings is 2. The molecule has 8 heteroatoms. The number of hydrogen-bond acceptors (Lipinski definition) is 5. The van der Waals surface area contributed by atoms with Gasteiger partial charge in [-0.25, -0.2) is 0 Å². The van der Waals surface area contributed by atoms with E-state index >= 15 is 0 Å². The van der Waals surface area contributed by atoms with Crippen LogP contribution >= 0.6 is 11.6 Å². The maximum Gasteiger partial charge on any atom is 0.270 e. The molecule has 0 saturated carbocycles. The molecule has 1 amide bonds. The third-order valence-electron chi connectivity index (χ3n) is 4.32. The van der Waals surface area contributed by atoms with Gasteiger partial charge in [0, 0.05) is 29.5 Å². The molecule has 3 aromatic rings. The SMILES string of the molecule is CCc1ccc(NC(=O)/C(C#N)=C/c2ccc(-c3cc([N+](=O)[O-])ccc3Cl)o2)cc1. The van der Waals surface area contributed by atoms with Gasteiger partial charge in [-0.15, -0.1) is 0 Å². The van der Waals surface area contributed by atoms with E-state index < -0.39 is 10.8 Å². The molecule has 1 heterocycles. The molecule has 30 heavy (non-hydrogen) atoms. The molecule has 3 rings (SSSR count). The zero-order valence-corrected chi connectivity index (χ0v) is 16.6. The number of aryl methyl sites for hydroxylation is 1. The first-order chi connectivity index (χ1) is 14.4. The van der Waals surface area contributed by atoms with Crippen LogP contribution in [0.2, 0.25) is 5.02 Å². The molecule has 0 bridgehead atoms. The van der Waals surface area contributed by atoms with Crippen molar-refractivity contribution in [3.8, 4) is 17.4 Å². The highest BCUT2D eigenvalue weighted by Gasteiger charge is 2.15. The van der Waals surface area contributed by atoms with Gasteiger partial charge in [-0.05, 0) is 42.3 Å². The number of carbonyl (C=O) groups is 1. The standard InChI is InChI=1S/C22H16ClN3O4/c1-2-14-3-5-16(6-4-14)25-22(27)15(13-24)11-18-8-10-21(30-18)19-12-17(26(28)29)7-9-20(19)23/h3-12H,2H2,1H3,(H,25,27)/b15-11+. The maximum atomic E-state index is 12.4. The minimum atomic E-state index is -0.576. The van der Waals surface area contributed by atoms with Gasteiger partial charge >= 0.3 is 0 Å². The van der Waals surface area contributed by atoms with Gasteiger partial charge in [0.25, 0.3) is 11.6 Å². The molecule has 0 aliphatic rings. The fourth-order valence-electron chi connectivity index (χ4n) is 2.70. The number of carbonyl (C=O) groups excluding carboxylic acids is 1. The van der Waals surface area contributed by atoms with Gasteiger partial charge in [0.05, 0.1) is 9.95 Å². The minimum absolute atomic E-state index is 0.130. The zero-order chi connectivity index (χ0) is 21.7. The Kier molecular flexibility index (Phi) is 6.30. The molecule has 0 unspecified atom stereocenters. The number of non-ortho nitro benzene ring substituents is 1. The second-order valence-electron chi connectivity index (χ2n) is 6.30. The van der Waals surface area contributed by atoms with Crippen LogP contribution in [-0.4, -0.2) is 10.8 Å². The van der Waals surface area contributed by atoms with Crippen LogP contribution in [0.3, 0.4) is 0 Å². The summed E-state index contributed by atoms with van der Waals surface area (Å²) in [5.41, 5.74) is 1.76. The maximum absolute atomic E-state index is 12.4. The van der Waals surface area contributed by atoms with Crippen LogP contribution in [0, 0.1) is 21.4 Å². The summed E-state index contributed by atoms with van der Waals surface area (Å²) in [4.78, 5) is 22.9. The number of nitrogens with one attached hydrogen (secondary N) is 1. The monoisotopic (exact) mass is 421 g/mol. The lowest BCUT2D eigenvalue weighted by molar-refractivity contribution is -0.384. The van der Waals surface area contributed by atoms with Gasteiger partial charge in [-0.3, -0.25) is 14.9 Å². The number of amides is 1. The number of nitriles is 1. The summed E-state index contributed by atoms with van der Waals surface area (Å²) in [6.07, 6.45) is 2.18. The number of anilines is 1. The number of furan rings is 1. The minimum Gasteiger partial charge on any atom is -0.457 e. The summed E-state index contributed by atoms with van der Waals surface area (Å²) < 4.78 is 5.63. The summed E-state index contributed by atoms with van der Waals surface area (Å²) in [7, 11) is 0. The Morgan fingerprint density at radius 2 is 1.97 bits per heavy atom. The van der Waals surface area contributed by atoms with Gasteiger partial charge in [0.15, 0.2) is 0 Å². The molecule has 150 valence electrons. The van der Waals surface area contributed by atoms with Crippen molar-refractivity contribution in [1.82, 2.24) is 0 Å². The topological polar surface area (TPSA) is 109 Å². The lowest BCUT2D eigenvalue weighted by Gasteiger charge is -2.05. The fourth-order valence-corrected chi connectivity index (χ4v) is 2.91. The molecule has 0 saturated heterocycles. The molecular formula is C22H16ClN3O4. The average Bonchev–Trinajstić information content (AvgIpc) is 3.21. The Hall–Kier alpha value is -3.89. The molecular weight excluding hydrogens is 406 g/mol. The summed E-state index contributed by atoms with van der Waals surface area (Å²) in [6.45, 7) is 2.03. The van der Waals surface area contributed by atoms with Gasteiger partial charge in [-0.1, -0.05) is 30.7 Å². The van der Waals surface area contributed by atoms with Crippen molar-refractivity contribution in [1.29, 1.82) is 5.26 Å². The number of rotatable bonds is 6. The summed E-state index contributed by atoms with van der Waals surface area (Å²) in [5, 5.41) is 23.3. The molecule has 0 fully saturated rings. The van der Waals surface area contributed by atoms with Crippen LogP contribution in [0.25, 0.3) is 17.4 Å². The fraction of sp³-hybridized carbons (Fsp3) is 0.0909. The van der Waals surface area contributed by atoms with E-state index in [9.17, 15) is 20.2 Å². The highest BCUT2D eigenvalue weighted by molar-refractivity contribution is 6.33. The Morgan fingerprint density at radius 1 is 1.23 bits per heavy atom. The van der Waals surface area contributed by atoms with Gasteiger partial charge < -0.3 is 9.73 Å². The van der Waals surface area contributed by atoms with E-state index in [0.29, 0.717) is 11.3 Å². The second kappa shape index (κ2) is 9.07. The number of nitro benzene ring substituents is 1. The number of halogens is 1. The van der Waals surface area contributed by atoms with Crippen molar-refractivity contribution in [3.05, 3.63) is 86.6 Å². The third kappa shape index (κ3) is 4.74. The molecule has 0 aliphatic heterocycles. The number of nitro groups is 1. The highest BCUT2D eigenvalue weighted by atomic mass is 35.5. The van der Waals surface area contributed by atoms with E-state index in [2.05, 4.69) is 5.32 Å². The summed E-state index contributed by atoms with van der Waals surface area (Å²) in [6, 6.07) is 16.3. The lowest BCUT2D eigenvalue weighted by atomic mass is 10.1. The van der Waals surface area contributed by atoms with E-state index in [1.807, 2.05) is 25.1 Å². The van der Waals surface area contributed by atoms with Crippen LogP contribution in [0.4, 0.5) is 11.4 Å². The van der Waals surface area contributed by atoms with E-state index in [4.69, 9.17) is 16.0 Å². The number of hydrogen-bond donors (Lipinski definition) is 1. The largest absolute Gasteiger partial charge is 0.457 e. The normalized spacial score (nSPS) is 11.0. The van der Waals surface area contributed by atoms with Gasteiger partial charge in [0.2, 0.25) is 0 Å². The molecule has 1 aromatic heterocycles. The van der Waals surface area contributed by atoms with Crippen molar-refractivity contribution in [2.24, 2.45) is 0 Å². The van der Waals surface area contributed by atoms with Gasteiger partial charge in [-0.2, -0.15) is 5.26 Å². The van der Waals surface area contributed by atoms with Crippen LogP contribution in [0.1, 0.15) is 18.2 Å². The van der Waals surface area contributed by atoms with Crippen molar-refractivity contribution >= 4 is 35.0 Å². The average molecular weight is 422 g/mol. The van der Waals surface area contributed by atoms with E-state index in [1.54, 1.807) is 24.3 Å². The smallest absolute Gasteiger partial charge is 0.270 e. The predicted octanol–water partition coefficient (Wildman–Crippen LogP) is 5.62. The van der Waals surface area contributed by atoms with Crippen molar-refractivity contribution in [2.75, 3.05) is 5.32 Å².